The summed E-state index contributed by atoms with van der Waals surface area (Å²) in [6, 6.07) is 0. The zero-order chi connectivity index (χ0) is 9.35. The van der Waals surface area contributed by atoms with Gasteiger partial charge in [-0.05, 0) is 0 Å². The van der Waals surface area contributed by atoms with Crippen molar-refractivity contribution in [2.75, 3.05) is 0 Å². The van der Waals surface area contributed by atoms with Crippen LogP contribution < -0.4 is 5.14 Å². The third kappa shape index (κ3) is 1.56. The molecular weight excluding hydrogens is 190 g/mol. The number of rotatable bonds is 1. The summed E-state index contributed by atoms with van der Waals surface area (Å²) in [5, 5.41) is 4.52. The SMILES string of the molecule is NS(=O)(=O)c1c(F)cncc1F. The number of aromatic nitrogens is 1. The maximum atomic E-state index is 12.6. The number of sulfonamides is 1. The summed E-state index contributed by atoms with van der Waals surface area (Å²) in [5.74, 6) is -2.59. The van der Waals surface area contributed by atoms with Gasteiger partial charge < -0.3 is 0 Å². The van der Waals surface area contributed by atoms with Crippen LogP contribution in [0.15, 0.2) is 17.3 Å². The lowest BCUT2D eigenvalue weighted by Gasteiger charge is -1.99. The molecule has 0 unspecified atom stereocenters. The van der Waals surface area contributed by atoms with Gasteiger partial charge in [-0.3, -0.25) is 4.98 Å². The van der Waals surface area contributed by atoms with Gasteiger partial charge in [0, 0.05) is 0 Å². The molecule has 0 aromatic carbocycles. The Labute approximate surface area is 67.1 Å². The van der Waals surface area contributed by atoms with Gasteiger partial charge in [0.15, 0.2) is 16.5 Å². The Balaban J connectivity index is 3.53. The van der Waals surface area contributed by atoms with Gasteiger partial charge in [-0.15, -0.1) is 0 Å². The second-order valence-corrected chi connectivity index (χ2v) is 3.48. The van der Waals surface area contributed by atoms with Gasteiger partial charge >= 0.3 is 0 Å². The van der Waals surface area contributed by atoms with Crippen LogP contribution >= 0.6 is 0 Å². The van der Waals surface area contributed by atoms with Crippen LogP contribution in [0, 0.1) is 11.6 Å². The molecule has 66 valence electrons. The number of hydrogen-bond donors (Lipinski definition) is 1. The summed E-state index contributed by atoms with van der Waals surface area (Å²) in [7, 11) is -4.35. The monoisotopic (exact) mass is 194 g/mol. The Morgan fingerprint density at radius 3 is 1.92 bits per heavy atom. The molecule has 0 saturated heterocycles. The molecule has 0 amide bonds. The van der Waals surface area contributed by atoms with Crippen molar-refractivity contribution in [1.29, 1.82) is 0 Å². The second-order valence-electron chi connectivity index (χ2n) is 1.98. The van der Waals surface area contributed by atoms with Gasteiger partial charge in [0.1, 0.15) is 0 Å². The Morgan fingerprint density at radius 1 is 1.25 bits per heavy atom. The fourth-order valence-corrected chi connectivity index (χ4v) is 1.32. The molecule has 0 spiro atoms. The minimum atomic E-state index is -4.35. The first-order valence-electron chi connectivity index (χ1n) is 2.74. The molecule has 0 aliphatic carbocycles. The van der Waals surface area contributed by atoms with Gasteiger partial charge in [-0.1, -0.05) is 0 Å². The maximum absolute atomic E-state index is 12.6. The summed E-state index contributed by atoms with van der Waals surface area (Å²) in [4.78, 5) is 1.93. The van der Waals surface area contributed by atoms with E-state index in [1.807, 2.05) is 0 Å². The molecule has 0 saturated carbocycles. The minimum absolute atomic E-state index is 0.572. The van der Waals surface area contributed by atoms with E-state index in [1.165, 1.54) is 0 Å². The third-order valence-corrected chi connectivity index (χ3v) is 2.05. The van der Waals surface area contributed by atoms with Crippen molar-refractivity contribution in [3.05, 3.63) is 24.0 Å². The van der Waals surface area contributed by atoms with E-state index in [0.29, 0.717) is 12.4 Å². The maximum Gasteiger partial charge on any atom is 0.244 e. The Bertz CT molecular complexity index is 384. The molecule has 7 heteroatoms. The van der Waals surface area contributed by atoms with Crippen LogP contribution in [0.25, 0.3) is 0 Å². The van der Waals surface area contributed by atoms with Crippen molar-refractivity contribution >= 4 is 10.0 Å². The Kier molecular flexibility index (Phi) is 2.07. The van der Waals surface area contributed by atoms with Crippen molar-refractivity contribution in [3.8, 4) is 0 Å². The van der Waals surface area contributed by atoms with E-state index < -0.39 is 26.6 Å². The van der Waals surface area contributed by atoms with E-state index in [9.17, 15) is 17.2 Å². The lowest BCUT2D eigenvalue weighted by Crippen LogP contribution is -2.16. The van der Waals surface area contributed by atoms with E-state index in [-0.39, 0.29) is 0 Å². The van der Waals surface area contributed by atoms with Crippen LogP contribution in [0.1, 0.15) is 0 Å². The first kappa shape index (κ1) is 9.01. The summed E-state index contributed by atoms with van der Waals surface area (Å²) >= 11 is 0. The Hall–Kier alpha value is -1.08. The molecule has 0 bridgehead atoms. The molecule has 1 aromatic heterocycles. The van der Waals surface area contributed by atoms with Crippen molar-refractivity contribution in [1.82, 2.24) is 4.98 Å². The van der Waals surface area contributed by atoms with Crippen LogP contribution in [-0.4, -0.2) is 13.4 Å². The average Bonchev–Trinajstić information content (AvgIpc) is 1.82. The number of nitrogens with zero attached hydrogens (tertiary/aromatic N) is 1. The van der Waals surface area contributed by atoms with Crippen LogP contribution in [0.3, 0.4) is 0 Å². The summed E-state index contributed by atoms with van der Waals surface area (Å²) < 4.78 is 46.3. The predicted octanol–water partition coefficient (Wildman–Crippen LogP) is 0.00720. The molecule has 0 fully saturated rings. The van der Waals surface area contributed by atoms with E-state index in [2.05, 4.69) is 10.1 Å². The van der Waals surface area contributed by atoms with E-state index in [4.69, 9.17) is 0 Å². The molecule has 0 radical (unpaired) electrons. The molecular formula is C5H4F2N2O2S. The molecule has 0 aliphatic heterocycles. The Morgan fingerprint density at radius 2 is 1.67 bits per heavy atom. The van der Waals surface area contributed by atoms with Crippen molar-refractivity contribution in [2.24, 2.45) is 5.14 Å². The summed E-state index contributed by atoms with van der Waals surface area (Å²) in [6.07, 6.45) is 1.14. The number of pyridine rings is 1. The lowest BCUT2D eigenvalue weighted by atomic mass is 10.5. The average molecular weight is 194 g/mol. The first-order valence-corrected chi connectivity index (χ1v) is 4.29. The zero-order valence-electron chi connectivity index (χ0n) is 5.66. The normalized spacial score (nSPS) is 11.6. The largest absolute Gasteiger partial charge is 0.259 e. The van der Waals surface area contributed by atoms with E-state index in [1.54, 1.807) is 0 Å². The fourth-order valence-electron chi connectivity index (χ4n) is 0.671. The van der Waals surface area contributed by atoms with Crippen molar-refractivity contribution < 1.29 is 17.2 Å². The smallest absolute Gasteiger partial charge is 0.244 e. The molecule has 1 aromatic rings. The number of halogens is 2. The molecule has 0 atom stereocenters. The lowest BCUT2D eigenvalue weighted by molar-refractivity contribution is 0.512. The van der Waals surface area contributed by atoms with Crippen LogP contribution in [0.4, 0.5) is 8.78 Å². The molecule has 1 heterocycles. The van der Waals surface area contributed by atoms with Crippen LogP contribution in [0.5, 0.6) is 0 Å². The highest BCUT2D eigenvalue weighted by Crippen LogP contribution is 2.14. The third-order valence-electron chi connectivity index (χ3n) is 1.09. The number of primary sulfonamides is 1. The van der Waals surface area contributed by atoms with Gasteiger partial charge in [-0.25, -0.2) is 22.3 Å². The molecule has 0 aliphatic rings. The van der Waals surface area contributed by atoms with Gasteiger partial charge in [0.25, 0.3) is 0 Å². The summed E-state index contributed by atoms with van der Waals surface area (Å²) in [5.41, 5.74) is 0. The zero-order valence-corrected chi connectivity index (χ0v) is 6.48. The first-order chi connectivity index (χ1) is 5.43. The van der Waals surface area contributed by atoms with Crippen molar-refractivity contribution in [3.63, 3.8) is 0 Å². The highest BCUT2D eigenvalue weighted by molar-refractivity contribution is 7.89. The van der Waals surface area contributed by atoms with Gasteiger partial charge in [0.05, 0.1) is 12.4 Å². The number of nitrogens with two attached hydrogens (primary N) is 1. The second kappa shape index (κ2) is 2.76. The molecule has 2 N–H and O–H groups in total. The minimum Gasteiger partial charge on any atom is -0.259 e. The predicted molar refractivity (Wildman–Crippen MR) is 35.5 cm³/mol. The molecule has 12 heavy (non-hydrogen) atoms. The standard InChI is InChI=1S/C5H4F2N2O2S/c6-3-1-9-2-4(7)5(3)12(8,10)11/h1-2H,(H2,8,10,11). The van der Waals surface area contributed by atoms with Crippen LogP contribution in [-0.2, 0) is 10.0 Å². The van der Waals surface area contributed by atoms with E-state index in [0.717, 1.165) is 0 Å². The van der Waals surface area contributed by atoms with E-state index >= 15 is 0 Å². The molecule has 1 rings (SSSR count). The topological polar surface area (TPSA) is 73.1 Å². The quantitative estimate of drug-likeness (QED) is 0.684. The summed E-state index contributed by atoms with van der Waals surface area (Å²) in [6.45, 7) is 0. The number of hydrogen-bond acceptors (Lipinski definition) is 3. The molecule has 4 nitrogen and oxygen atoms in total. The van der Waals surface area contributed by atoms with Crippen LogP contribution in [0.2, 0.25) is 0 Å². The van der Waals surface area contributed by atoms with Crippen molar-refractivity contribution in [2.45, 2.75) is 4.90 Å². The van der Waals surface area contributed by atoms with Gasteiger partial charge in [0.2, 0.25) is 10.0 Å². The fraction of sp³-hybridized carbons (Fsp3) is 0. The highest BCUT2D eigenvalue weighted by atomic mass is 32.2. The van der Waals surface area contributed by atoms with Gasteiger partial charge in [-0.2, -0.15) is 0 Å². The highest BCUT2D eigenvalue weighted by Gasteiger charge is 2.19.